The van der Waals surface area contributed by atoms with E-state index in [1.807, 2.05) is 36.4 Å². The van der Waals surface area contributed by atoms with E-state index in [-0.39, 0.29) is 5.92 Å². The van der Waals surface area contributed by atoms with Gasteiger partial charge in [0.2, 0.25) is 0 Å². The molecule has 1 N–H and O–H groups in total. The highest BCUT2D eigenvalue weighted by Gasteiger charge is 2.19. The monoisotopic (exact) mass is 590 g/mol. The maximum absolute atomic E-state index is 12.3. The molecule has 0 saturated heterocycles. The molecule has 1 atom stereocenters. The number of hydrogen-bond donors (Lipinski definition) is 1. The van der Waals surface area contributed by atoms with E-state index in [1.165, 1.54) is 11.1 Å². The van der Waals surface area contributed by atoms with E-state index in [4.69, 9.17) is 21.1 Å². The van der Waals surface area contributed by atoms with Crippen molar-refractivity contribution in [3.63, 3.8) is 0 Å². The van der Waals surface area contributed by atoms with E-state index in [0.29, 0.717) is 67.6 Å². The van der Waals surface area contributed by atoms with Crippen LogP contribution < -0.4 is 9.47 Å². The highest BCUT2D eigenvalue weighted by molar-refractivity contribution is 6.32. The molecule has 1 aliphatic rings. The molecule has 1 unspecified atom stereocenters. The first kappa shape index (κ1) is 31.6. The summed E-state index contributed by atoms with van der Waals surface area (Å²) in [6, 6.07) is 20.3. The molecule has 0 radical (unpaired) electrons. The molecule has 5 nitrogen and oxygen atoms in total. The zero-order chi connectivity index (χ0) is 29.7. The van der Waals surface area contributed by atoms with Crippen molar-refractivity contribution in [1.29, 1.82) is 0 Å². The van der Waals surface area contributed by atoms with Crippen LogP contribution in [0.3, 0.4) is 0 Å². The van der Waals surface area contributed by atoms with Gasteiger partial charge in [-0.25, -0.2) is 0 Å². The van der Waals surface area contributed by atoms with Crippen molar-refractivity contribution in [3.05, 3.63) is 82.4 Å². The Balaban J connectivity index is 1.49. The van der Waals surface area contributed by atoms with Gasteiger partial charge < -0.3 is 14.6 Å². The second-order valence-corrected chi connectivity index (χ2v) is 11.8. The Labute approximate surface area is 255 Å². The summed E-state index contributed by atoms with van der Waals surface area (Å²) in [5.41, 5.74) is 5.53. The fourth-order valence-corrected chi connectivity index (χ4v) is 5.91. The standard InChI is InChI=1S/C36H43ClO5/c1-26-30(18-12-21-32(26)27-13-6-4-7-14-27)25-42-35-24-34-29(23-33(35)37)17-11-16-28(36(39)40)15-5-2-3-8-19-31(38)20-9-10-22-41-34/h4,6-7,12-14,18,21,23-24,28H,2-3,5,8-11,15-17,19-20,22,25H2,1H3,(H,39,40). The Morgan fingerprint density at radius 2 is 1.64 bits per heavy atom. The number of ether oxygens (including phenoxy) is 2. The third-order valence-electron chi connectivity index (χ3n) is 8.24. The van der Waals surface area contributed by atoms with Gasteiger partial charge in [0.15, 0.2) is 0 Å². The predicted molar refractivity (Wildman–Crippen MR) is 169 cm³/mol. The number of aliphatic carboxylic acids is 1. The number of rotatable bonds is 5. The number of ketones is 1. The molecule has 0 spiro atoms. The number of aryl methyl sites for hydroxylation is 1. The lowest BCUT2D eigenvalue weighted by Crippen LogP contribution is -2.14. The number of carbonyl (C=O) groups excluding carboxylic acids is 1. The topological polar surface area (TPSA) is 72.8 Å². The lowest BCUT2D eigenvalue weighted by atomic mass is 9.93. The van der Waals surface area contributed by atoms with Gasteiger partial charge in [0.25, 0.3) is 0 Å². The van der Waals surface area contributed by atoms with Crippen molar-refractivity contribution in [2.24, 2.45) is 5.92 Å². The Morgan fingerprint density at radius 3 is 2.43 bits per heavy atom. The summed E-state index contributed by atoms with van der Waals surface area (Å²) in [6.07, 6.45) is 9.21. The van der Waals surface area contributed by atoms with Gasteiger partial charge in [0.1, 0.15) is 23.9 Å². The van der Waals surface area contributed by atoms with Crippen LogP contribution >= 0.6 is 11.6 Å². The minimum atomic E-state index is -0.732. The van der Waals surface area contributed by atoms with E-state index < -0.39 is 5.97 Å². The molecule has 0 saturated carbocycles. The Morgan fingerprint density at radius 1 is 0.905 bits per heavy atom. The second kappa shape index (κ2) is 16.4. The van der Waals surface area contributed by atoms with Gasteiger partial charge in [0, 0.05) is 18.9 Å². The minimum absolute atomic E-state index is 0.300. The Hall–Kier alpha value is -3.31. The van der Waals surface area contributed by atoms with Crippen molar-refractivity contribution in [2.75, 3.05) is 6.61 Å². The number of hydrogen-bond acceptors (Lipinski definition) is 4. The highest BCUT2D eigenvalue weighted by atomic mass is 35.5. The summed E-state index contributed by atoms with van der Waals surface area (Å²) in [5.74, 6) is 0.477. The first-order chi connectivity index (χ1) is 20.4. The number of carbonyl (C=O) groups is 2. The highest BCUT2D eigenvalue weighted by Crippen LogP contribution is 2.36. The van der Waals surface area contributed by atoms with Crippen LogP contribution in [0, 0.1) is 12.8 Å². The molecule has 3 aromatic rings. The average Bonchev–Trinajstić information content (AvgIpc) is 2.98. The van der Waals surface area contributed by atoms with Crippen molar-refractivity contribution < 1.29 is 24.2 Å². The van der Waals surface area contributed by atoms with Crippen LogP contribution in [0.15, 0.2) is 60.7 Å². The van der Waals surface area contributed by atoms with Crippen molar-refractivity contribution in [3.8, 4) is 22.6 Å². The molecule has 0 aliphatic carbocycles. The average molecular weight is 591 g/mol. The number of fused-ring (bicyclic) bond motifs is 1. The van der Waals surface area contributed by atoms with Crippen LogP contribution in [0.25, 0.3) is 11.1 Å². The van der Waals surface area contributed by atoms with Crippen LogP contribution in [-0.4, -0.2) is 23.5 Å². The summed E-state index contributed by atoms with van der Waals surface area (Å²) in [7, 11) is 0. The summed E-state index contributed by atoms with van der Waals surface area (Å²) < 4.78 is 12.5. The molecule has 42 heavy (non-hydrogen) atoms. The van der Waals surface area contributed by atoms with Gasteiger partial charge in [-0.1, -0.05) is 79.4 Å². The number of benzene rings is 3. The molecule has 0 amide bonds. The third kappa shape index (κ3) is 9.35. The normalized spacial score (nSPS) is 17.8. The van der Waals surface area contributed by atoms with Gasteiger partial charge in [-0.15, -0.1) is 0 Å². The summed E-state index contributed by atoms with van der Waals surface area (Å²) in [6.45, 7) is 2.98. The van der Waals surface area contributed by atoms with Gasteiger partial charge in [-0.3, -0.25) is 9.59 Å². The SMILES string of the molecule is Cc1c(COc2cc3c(cc2Cl)CCCC(C(=O)O)CCCCCCC(=O)CCCCO3)cccc1-c1ccccc1. The molecule has 1 heterocycles. The van der Waals surface area contributed by atoms with E-state index in [1.54, 1.807) is 0 Å². The fourth-order valence-electron chi connectivity index (χ4n) is 5.67. The van der Waals surface area contributed by atoms with E-state index in [9.17, 15) is 14.7 Å². The molecule has 4 rings (SSSR count). The molecule has 0 aromatic heterocycles. The summed E-state index contributed by atoms with van der Waals surface area (Å²) >= 11 is 6.72. The van der Waals surface area contributed by atoms with Crippen LogP contribution in [0.1, 0.15) is 87.3 Å². The van der Waals surface area contributed by atoms with Gasteiger partial charge in [0.05, 0.1) is 17.5 Å². The largest absolute Gasteiger partial charge is 0.493 e. The second-order valence-electron chi connectivity index (χ2n) is 11.4. The molecule has 3 aromatic carbocycles. The first-order valence-corrected chi connectivity index (χ1v) is 15.8. The first-order valence-electron chi connectivity index (χ1n) is 15.4. The zero-order valence-corrected chi connectivity index (χ0v) is 25.5. The van der Waals surface area contributed by atoms with Gasteiger partial charge in [-0.05, 0) is 85.8 Å². The number of halogens is 1. The molecule has 1 aliphatic heterocycles. The molecule has 224 valence electrons. The smallest absolute Gasteiger partial charge is 0.306 e. The lowest BCUT2D eigenvalue weighted by molar-refractivity contribution is -0.142. The van der Waals surface area contributed by atoms with Crippen LogP contribution in [0.4, 0.5) is 0 Å². The van der Waals surface area contributed by atoms with Crippen molar-refractivity contribution in [2.45, 2.75) is 90.6 Å². The Kier molecular flexibility index (Phi) is 12.3. The molecule has 0 bridgehead atoms. The molecule has 0 fully saturated rings. The van der Waals surface area contributed by atoms with Crippen LogP contribution in [-0.2, 0) is 22.6 Å². The van der Waals surface area contributed by atoms with E-state index >= 15 is 0 Å². The van der Waals surface area contributed by atoms with Crippen LogP contribution in [0.2, 0.25) is 5.02 Å². The maximum Gasteiger partial charge on any atom is 0.306 e. The van der Waals surface area contributed by atoms with E-state index in [2.05, 4.69) is 31.2 Å². The van der Waals surface area contributed by atoms with E-state index in [0.717, 1.165) is 61.6 Å². The zero-order valence-electron chi connectivity index (χ0n) is 24.7. The summed E-state index contributed by atoms with van der Waals surface area (Å²) in [5, 5.41) is 10.3. The van der Waals surface area contributed by atoms with Crippen LogP contribution in [0.5, 0.6) is 11.5 Å². The quantitative estimate of drug-likeness (QED) is 0.320. The number of carboxylic acids is 1. The van der Waals surface area contributed by atoms with Crippen molar-refractivity contribution >= 4 is 23.4 Å². The number of Topliss-reactive ketones (excluding diaryl/α,β-unsaturated/α-hetero) is 1. The number of carboxylic acid groups (broad SMARTS) is 1. The fraction of sp³-hybridized carbons (Fsp3) is 0.444. The van der Waals surface area contributed by atoms with Crippen molar-refractivity contribution in [1.82, 2.24) is 0 Å². The minimum Gasteiger partial charge on any atom is -0.493 e. The maximum atomic E-state index is 12.3. The summed E-state index contributed by atoms with van der Waals surface area (Å²) in [4.78, 5) is 24.1. The third-order valence-corrected chi connectivity index (χ3v) is 8.54. The molecule has 6 heteroatoms. The molecular formula is C36H43ClO5. The van der Waals surface area contributed by atoms with Gasteiger partial charge in [-0.2, -0.15) is 0 Å². The molecular weight excluding hydrogens is 548 g/mol. The lowest BCUT2D eigenvalue weighted by Gasteiger charge is -2.18. The van der Waals surface area contributed by atoms with Gasteiger partial charge >= 0.3 is 5.97 Å². The Bertz CT molecular complexity index is 1320. The predicted octanol–water partition coefficient (Wildman–Crippen LogP) is 9.39.